The quantitative estimate of drug-likeness (QED) is 0.489. The van der Waals surface area contributed by atoms with Gasteiger partial charge in [0, 0.05) is 28.1 Å². The SMILES string of the molecule is COc1cc(OC)c(C2CC(C(=O)O)C3C(NNC3c3ccc(Br)cc3)N2)cc1OC. The van der Waals surface area contributed by atoms with E-state index in [2.05, 4.69) is 32.1 Å². The van der Waals surface area contributed by atoms with Gasteiger partial charge in [-0.05, 0) is 30.2 Å². The fraction of sp³-hybridized carbons (Fsp3) is 0.409. The van der Waals surface area contributed by atoms with Gasteiger partial charge in [0.2, 0.25) is 0 Å². The van der Waals surface area contributed by atoms with Crippen LogP contribution in [-0.2, 0) is 4.79 Å². The van der Waals surface area contributed by atoms with E-state index in [9.17, 15) is 9.90 Å². The van der Waals surface area contributed by atoms with E-state index in [0.717, 1.165) is 15.6 Å². The number of carboxylic acids is 1. The van der Waals surface area contributed by atoms with E-state index < -0.39 is 11.9 Å². The summed E-state index contributed by atoms with van der Waals surface area (Å²) in [5.74, 6) is 0.204. The Kier molecular flexibility index (Phi) is 6.38. The van der Waals surface area contributed by atoms with Gasteiger partial charge in [-0.25, -0.2) is 10.9 Å². The first kappa shape index (κ1) is 21.9. The van der Waals surface area contributed by atoms with E-state index in [4.69, 9.17) is 14.2 Å². The number of benzene rings is 2. The maximum atomic E-state index is 12.3. The highest BCUT2D eigenvalue weighted by Crippen LogP contribution is 2.46. The van der Waals surface area contributed by atoms with Crippen molar-refractivity contribution in [1.82, 2.24) is 16.2 Å². The highest BCUT2D eigenvalue weighted by atomic mass is 79.9. The molecule has 2 fully saturated rings. The van der Waals surface area contributed by atoms with Crippen LogP contribution in [0.5, 0.6) is 17.2 Å². The van der Waals surface area contributed by atoms with Gasteiger partial charge in [0.1, 0.15) is 5.75 Å². The summed E-state index contributed by atoms with van der Waals surface area (Å²) in [4.78, 5) is 12.3. The molecule has 166 valence electrons. The second-order valence-electron chi connectivity index (χ2n) is 7.72. The van der Waals surface area contributed by atoms with Crippen molar-refractivity contribution in [3.05, 3.63) is 52.0 Å². The third-order valence-corrected chi connectivity index (χ3v) is 6.69. The van der Waals surface area contributed by atoms with Crippen molar-refractivity contribution < 1.29 is 24.1 Å². The Morgan fingerprint density at radius 3 is 2.26 bits per heavy atom. The number of carboxylic acid groups (broad SMARTS) is 1. The van der Waals surface area contributed by atoms with Crippen molar-refractivity contribution in [2.75, 3.05) is 21.3 Å². The molecule has 0 saturated carbocycles. The van der Waals surface area contributed by atoms with Crippen molar-refractivity contribution in [2.45, 2.75) is 24.7 Å². The molecule has 2 aliphatic rings. The lowest BCUT2D eigenvalue weighted by atomic mass is 9.74. The average Bonchev–Trinajstić information content (AvgIpc) is 3.21. The van der Waals surface area contributed by atoms with Crippen LogP contribution in [0.1, 0.15) is 29.6 Å². The minimum atomic E-state index is -0.812. The van der Waals surface area contributed by atoms with Gasteiger partial charge in [0.15, 0.2) is 11.5 Å². The van der Waals surface area contributed by atoms with Gasteiger partial charge >= 0.3 is 5.97 Å². The first-order valence-electron chi connectivity index (χ1n) is 10.0. The van der Waals surface area contributed by atoms with Crippen LogP contribution in [-0.4, -0.2) is 38.6 Å². The summed E-state index contributed by atoms with van der Waals surface area (Å²) >= 11 is 3.45. The molecule has 4 N–H and O–H groups in total. The molecular formula is C22H26BrN3O5. The zero-order chi connectivity index (χ0) is 22.1. The number of nitrogens with one attached hydrogen (secondary N) is 3. The number of rotatable bonds is 6. The topological polar surface area (TPSA) is 101 Å². The normalized spacial score (nSPS) is 27.4. The Morgan fingerprint density at radius 1 is 1.00 bits per heavy atom. The number of ether oxygens (including phenoxy) is 3. The standard InChI is InChI=1S/C22H26BrN3O5/c1-29-16-10-18(31-3)17(30-2)9-13(16)15-8-14(22(27)28)19-20(25-26-21(19)24-15)11-4-6-12(23)7-5-11/h4-7,9-10,14-15,19-21,24-26H,8H2,1-3H3,(H,27,28). The molecule has 2 aliphatic heterocycles. The molecule has 5 unspecified atom stereocenters. The number of piperidine rings is 1. The maximum Gasteiger partial charge on any atom is 0.307 e. The van der Waals surface area contributed by atoms with E-state index in [1.807, 2.05) is 30.3 Å². The molecule has 2 heterocycles. The van der Waals surface area contributed by atoms with Crippen molar-refractivity contribution in [1.29, 1.82) is 0 Å². The Balaban J connectivity index is 1.67. The second kappa shape index (κ2) is 9.04. The van der Waals surface area contributed by atoms with Gasteiger partial charge < -0.3 is 19.3 Å². The number of hydrogen-bond donors (Lipinski definition) is 4. The zero-order valence-electron chi connectivity index (χ0n) is 17.5. The maximum absolute atomic E-state index is 12.3. The van der Waals surface area contributed by atoms with Crippen LogP contribution in [0.15, 0.2) is 40.9 Å². The molecule has 0 amide bonds. The smallest absolute Gasteiger partial charge is 0.307 e. The first-order valence-corrected chi connectivity index (χ1v) is 10.8. The number of aliphatic carboxylic acids is 1. The van der Waals surface area contributed by atoms with Gasteiger partial charge in [-0.2, -0.15) is 0 Å². The van der Waals surface area contributed by atoms with Crippen LogP contribution in [0.25, 0.3) is 0 Å². The molecule has 0 spiro atoms. The Hall–Kier alpha value is -2.33. The van der Waals surface area contributed by atoms with Crippen molar-refractivity contribution >= 4 is 21.9 Å². The Bertz CT molecular complexity index is 955. The van der Waals surface area contributed by atoms with E-state index in [0.29, 0.717) is 23.7 Å². The first-order chi connectivity index (χ1) is 15.0. The number of fused-ring (bicyclic) bond motifs is 1. The molecule has 8 nitrogen and oxygen atoms in total. The van der Waals surface area contributed by atoms with Crippen LogP contribution < -0.4 is 30.4 Å². The van der Waals surface area contributed by atoms with Crippen LogP contribution >= 0.6 is 15.9 Å². The van der Waals surface area contributed by atoms with Crippen LogP contribution in [0.4, 0.5) is 0 Å². The summed E-state index contributed by atoms with van der Waals surface area (Å²) in [5, 5.41) is 13.7. The third-order valence-electron chi connectivity index (χ3n) is 6.16. The Labute approximate surface area is 189 Å². The molecule has 0 aromatic heterocycles. The number of methoxy groups -OCH3 is 3. The molecule has 2 saturated heterocycles. The molecular weight excluding hydrogens is 466 g/mol. The van der Waals surface area contributed by atoms with Crippen molar-refractivity contribution in [2.24, 2.45) is 11.8 Å². The molecule has 9 heteroatoms. The predicted molar refractivity (Wildman–Crippen MR) is 118 cm³/mol. The van der Waals surface area contributed by atoms with Gasteiger partial charge in [0.25, 0.3) is 0 Å². The summed E-state index contributed by atoms with van der Waals surface area (Å²) in [6, 6.07) is 11.2. The summed E-state index contributed by atoms with van der Waals surface area (Å²) in [7, 11) is 4.73. The van der Waals surface area contributed by atoms with Crippen LogP contribution in [0.2, 0.25) is 0 Å². The fourth-order valence-electron chi connectivity index (χ4n) is 4.66. The van der Waals surface area contributed by atoms with E-state index in [1.165, 1.54) is 0 Å². The summed E-state index contributed by atoms with van der Waals surface area (Å²) in [6.07, 6.45) is 0.185. The fourth-order valence-corrected chi connectivity index (χ4v) is 4.93. The predicted octanol–water partition coefficient (Wildman–Crippen LogP) is 3.00. The second-order valence-corrected chi connectivity index (χ2v) is 8.64. The number of hydrogen-bond acceptors (Lipinski definition) is 7. The molecule has 31 heavy (non-hydrogen) atoms. The molecule has 0 aliphatic carbocycles. The van der Waals surface area contributed by atoms with Crippen molar-refractivity contribution in [3.8, 4) is 17.2 Å². The average molecular weight is 492 g/mol. The molecule has 0 radical (unpaired) electrons. The molecule has 0 bridgehead atoms. The minimum absolute atomic E-state index is 0.125. The van der Waals surface area contributed by atoms with Gasteiger partial charge in [0.05, 0.1) is 39.5 Å². The number of hydrazine groups is 1. The monoisotopic (exact) mass is 491 g/mol. The summed E-state index contributed by atoms with van der Waals surface area (Å²) in [6.45, 7) is 0. The number of carbonyl (C=O) groups is 1. The molecule has 5 atom stereocenters. The van der Waals surface area contributed by atoms with E-state index >= 15 is 0 Å². The highest BCUT2D eigenvalue weighted by Gasteiger charge is 2.49. The van der Waals surface area contributed by atoms with Gasteiger partial charge in [-0.3, -0.25) is 10.1 Å². The lowest BCUT2D eigenvalue weighted by Crippen LogP contribution is -2.53. The third kappa shape index (κ3) is 4.10. The van der Waals surface area contributed by atoms with E-state index in [-0.39, 0.29) is 24.2 Å². The largest absolute Gasteiger partial charge is 0.496 e. The Morgan fingerprint density at radius 2 is 1.65 bits per heavy atom. The summed E-state index contributed by atoms with van der Waals surface area (Å²) < 4.78 is 17.4. The van der Waals surface area contributed by atoms with Gasteiger partial charge in [-0.15, -0.1) is 0 Å². The molecule has 2 aromatic carbocycles. The molecule has 4 rings (SSSR count). The highest BCUT2D eigenvalue weighted by molar-refractivity contribution is 9.10. The lowest BCUT2D eigenvalue weighted by Gasteiger charge is -2.39. The van der Waals surface area contributed by atoms with Crippen LogP contribution in [0, 0.1) is 11.8 Å². The van der Waals surface area contributed by atoms with Crippen LogP contribution in [0.3, 0.4) is 0 Å². The lowest BCUT2D eigenvalue weighted by molar-refractivity contribution is -0.146. The minimum Gasteiger partial charge on any atom is -0.496 e. The molecule has 2 aromatic rings. The summed E-state index contributed by atoms with van der Waals surface area (Å²) in [5.41, 5.74) is 8.43. The van der Waals surface area contributed by atoms with E-state index in [1.54, 1.807) is 27.4 Å². The number of halogens is 1. The van der Waals surface area contributed by atoms with Gasteiger partial charge in [-0.1, -0.05) is 28.1 Å². The zero-order valence-corrected chi connectivity index (χ0v) is 19.1. The van der Waals surface area contributed by atoms with Crippen molar-refractivity contribution in [3.63, 3.8) is 0 Å².